The predicted octanol–water partition coefficient (Wildman–Crippen LogP) is 2.07. The number of rotatable bonds is 4. The molecule has 0 saturated heterocycles. The molecule has 5 heteroatoms. The molecule has 0 saturated carbocycles. The molecule has 0 amide bonds. The summed E-state index contributed by atoms with van der Waals surface area (Å²) < 4.78 is 4.98. The van der Waals surface area contributed by atoms with Crippen LogP contribution in [0.5, 0.6) is 0 Å². The van der Waals surface area contributed by atoms with Gasteiger partial charge in [-0.05, 0) is 46.1 Å². The molecule has 1 aromatic heterocycles. The standard InChI is InChI=1S/C16H20N2O3/c1-5-21-16(20)11-6-7-14-12(8-11)15(19)13(9-18(3)4)10(2)17-14/h6-8H,5,9H2,1-4H3,(H,17,19). The van der Waals surface area contributed by atoms with E-state index in [1.54, 1.807) is 25.1 Å². The number of aromatic nitrogens is 1. The molecule has 0 unspecified atom stereocenters. The molecule has 0 radical (unpaired) electrons. The minimum atomic E-state index is -0.409. The number of hydrogen-bond acceptors (Lipinski definition) is 4. The van der Waals surface area contributed by atoms with Crippen LogP contribution in [0.1, 0.15) is 28.5 Å². The second kappa shape index (κ2) is 6.10. The molecule has 0 aliphatic rings. The highest BCUT2D eigenvalue weighted by Crippen LogP contribution is 2.15. The molecule has 21 heavy (non-hydrogen) atoms. The number of esters is 1. The van der Waals surface area contributed by atoms with Gasteiger partial charge < -0.3 is 14.6 Å². The Labute approximate surface area is 123 Å². The van der Waals surface area contributed by atoms with Gasteiger partial charge in [-0.2, -0.15) is 0 Å². The highest BCUT2D eigenvalue weighted by molar-refractivity contribution is 5.94. The molecule has 0 aliphatic heterocycles. The maximum Gasteiger partial charge on any atom is 0.338 e. The van der Waals surface area contributed by atoms with Crippen LogP contribution in [0.15, 0.2) is 23.0 Å². The maximum atomic E-state index is 12.6. The molecular formula is C16H20N2O3. The maximum absolute atomic E-state index is 12.6. The fourth-order valence-electron chi connectivity index (χ4n) is 2.30. The molecule has 0 aliphatic carbocycles. The van der Waals surface area contributed by atoms with Crippen molar-refractivity contribution in [2.24, 2.45) is 0 Å². The van der Waals surface area contributed by atoms with Crippen LogP contribution in [0, 0.1) is 6.92 Å². The van der Waals surface area contributed by atoms with E-state index in [4.69, 9.17) is 4.74 Å². The van der Waals surface area contributed by atoms with E-state index in [1.165, 1.54) is 0 Å². The predicted molar refractivity (Wildman–Crippen MR) is 82.7 cm³/mol. The van der Waals surface area contributed by atoms with E-state index in [-0.39, 0.29) is 5.43 Å². The van der Waals surface area contributed by atoms with Gasteiger partial charge in [0, 0.05) is 28.7 Å². The Hall–Kier alpha value is -2.14. The van der Waals surface area contributed by atoms with Gasteiger partial charge in [-0.15, -0.1) is 0 Å². The van der Waals surface area contributed by atoms with Crippen molar-refractivity contribution < 1.29 is 9.53 Å². The van der Waals surface area contributed by atoms with Crippen LogP contribution in [0.2, 0.25) is 0 Å². The van der Waals surface area contributed by atoms with Gasteiger partial charge in [-0.3, -0.25) is 4.79 Å². The van der Waals surface area contributed by atoms with E-state index >= 15 is 0 Å². The van der Waals surface area contributed by atoms with Crippen LogP contribution in [-0.4, -0.2) is 36.6 Å². The molecular weight excluding hydrogens is 268 g/mol. The number of carbonyl (C=O) groups is 1. The Morgan fingerprint density at radius 3 is 2.67 bits per heavy atom. The van der Waals surface area contributed by atoms with Crippen molar-refractivity contribution in [1.82, 2.24) is 9.88 Å². The third kappa shape index (κ3) is 3.13. The molecule has 1 heterocycles. The number of hydrogen-bond donors (Lipinski definition) is 1. The van der Waals surface area contributed by atoms with Crippen molar-refractivity contribution in [2.45, 2.75) is 20.4 Å². The summed E-state index contributed by atoms with van der Waals surface area (Å²) in [5.74, 6) is -0.409. The fourth-order valence-corrected chi connectivity index (χ4v) is 2.30. The Balaban J connectivity index is 2.60. The zero-order valence-corrected chi connectivity index (χ0v) is 12.8. The van der Waals surface area contributed by atoms with Crippen molar-refractivity contribution in [3.05, 3.63) is 45.2 Å². The van der Waals surface area contributed by atoms with E-state index in [2.05, 4.69) is 4.98 Å². The zero-order chi connectivity index (χ0) is 15.6. The van der Waals surface area contributed by atoms with E-state index in [1.807, 2.05) is 25.9 Å². The Morgan fingerprint density at radius 2 is 2.05 bits per heavy atom. The Bertz CT molecular complexity index is 732. The summed E-state index contributed by atoms with van der Waals surface area (Å²) in [6.07, 6.45) is 0. The second-order valence-corrected chi connectivity index (χ2v) is 5.28. The first-order valence-corrected chi connectivity index (χ1v) is 6.91. The van der Waals surface area contributed by atoms with E-state index in [0.717, 1.165) is 11.2 Å². The van der Waals surface area contributed by atoms with Crippen LogP contribution < -0.4 is 5.43 Å². The molecule has 0 atom stereocenters. The molecule has 1 aromatic carbocycles. The monoisotopic (exact) mass is 288 g/mol. The second-order valence-electron chi connectivity index (χ2n) is 5.28. The Kier molecular flexibility index (Phi) is 4.43. The molecule has 2 aromatic rings. The highest BCUT2D eigenvalue weighted by atomic mass is 16.5. The van der Waals surface area contributed by atoms with Crippen LogP contribution in [0.25, 0.3) is 10.9 Å². The van der Waals surface area contributed by atoms with Gasteiger partial charge >= 0.3 is 5.97 Å². The summed E-state index contributed by atoms with van der Waals surface area (Å²) in [4.78, 5) is 29.6. The number of fused-ring (bicyclic) bond motifs is 1. The number of aryl methyl sites for hydroxylation is 1. The van der Waals surface area contributed by atoms with Gasteiger partial charge in [0.2, 0.25) is 0 Å². The molecule has 5 nitrogen and oxygen atoms in total. The van der Waals surface area contributed by atoms with Crippen LogP contribution in [0.4, 0.5) is 0 Å². The summed E-state index contributed by atoms with van der Waals surface area (Å²) in [6, 6.07) is 5.02. The van der Waals surface area contributed by atoms with E-state index in [0.29, 0.717) is 29.7 Å². The first-order valence-electron chi connectivity index (χ1n) is 6.91. The zero-order valence-electron chi connectivity index (χ0n) is 12.8. The lowest BCUT2D eigenvalue weighted by Gasteiger charge is -2.13. The molecule has 0 spiro atoms. The van der Waals surface area contributed by atoms with Gasteiger partial charge in [0.25, 0.3) is 0 Å². The fraction of sp³-hybridized carbons (Fsp3) is 0.375. The van der Waals surface area contributed by atoms with E-state index in [9.17, 15) is 9.59 Å². The van der Waals surface area contributed by atoms with Gasteiger partial charge in [0.05, 0.1) is 12.2 Å². The van der Waals surface area contributed by atoms with Gasteiger partial charge in [0.15, 0.2) is 5.43 Å². The normalized spacial score (nSPS) is 11.1. The minimum absolute atomic E-state index is 0.0406. The summed E-state index contributed by atoms with van der Waals surface area (Å²) in [5.41, 5.74) is 2.65. The van der Waals surface area contributed by atoms with Gasteiger partial charge in [0.1, 0.15) is 0 Å². The molecule has 0 fully saturated rings. The summed E-state index contributed by atoms with van der Waals surface area (Å²) in [5, 5.41) is 0.517. The van der Waals surface area contributed by atoms with Crippen molar-refractivity contribution in [3.8, 4) is 0 Å². The average Bonchev–Trinajstić information content (AvgIpc) is 2.43. The number of pyridine rings is 1. The average molecular weight is 288 g/mol. The first-order chi connectivity index (χ1) is 9.93. The number of benzene rings is 1. The lowest BCUT2D eigenvalue weighted by Crippen LogP contribution is -2.21. The van der Waals surface area contributed by atoms with Crippen molar-refractivity contribution in [1.29, 1.82) is 0 Å². The third-order valence-corrected chi connectivity index (χ3v) is 3.30. The molecule has 0 bridgehead atoms. The smallest absolute Gasteiger partial charge is 0.338 e. The van der Waals surface area contributed by atoms with Gasteiger partial charge in [-0.1, -0.05) is 0 Å². The number of H-pyrrole nitrogens is 1. The topological polar surface area (TPSA) is 62.4 Å². The SMILES string of the molecule is CCOC(=O)c1ccc2[nH]c(C)c(CN(C)C)c(=O)c2c1. The van der Waals surface area contributed by atoms with E-state index < -0.39 is 5.97 Å². The van der Waals surface area contributed by atoms with Crippen LogP contribution in [-0.2, 0) is 11.3 Å². The first kappa shape index (κ1) is 15.3. The molecule has 1 N–H and O–H groups in total. The number of nitrogens with one attached hydrogen (secondary N) is 1. The lowest BCUT2D eigenvalue weighted by atomic mass is 10.1. The summed E-state index contributed by atoms with van der Waals surface area (Å²) in [7, 11) is 3.83. The molecule has 112 valence electrons. The van der Waals surface area contributed by atoms with Crippen molar-refractivity contribution >= 4 is 16.9 Å². The lowest BCUT2D eigenvalue weighted by molar-refractivity contribution is 0.0526. The van der Waals surface area contributed by atoms with Crippen LogP contribution >= 0.6 is 0 Å². The number of ether oxygens (including phenoxy) is 1. The minimum Gasteiger partial charge on any atom is -0.462 e. The third-order valence-electron chi connectivity index (χ3n) is 3.30. The van der Waals surface area contributed by atoms with Crippen LogP contribution in [0.3, 0.4) is 0 Å². The quantitative estimate of drug-likeness (QED) is 0.875. The summed E-state index contributed by atoms with van der Waals surface area (Å²) in [6.45, 7) is 4.51. The molecule has 2 rings (SSSR count). The van der Waals surface area contributed by atoms with Crippen molar-refractivity contribution in [3.63, 3.8) is 0 Å². The highest BCUT2D eigenvalue weighted by Gasteiger charge is 2.13. The summed E-state index contributed by atoms with van der Waals surface area (Å²) >= 11 is 0. The number of aromatic amines is 1. The Morgan fingerprint density at radius 1 is 1.33 bits per heavy atom. The van der Waals surface area contributed by atoms with Crippen molar-refractivity contribution in [2.75, 3.05) is 20.7 Å². The number of nitrogens with zero attached hydrogens (tertiary/aromatic N) is 1. The number of carbonyl (C=O) groups excluding carboxylic acids is 1. The van der Waals surface area contributed by atoms with Gasteiger partial charge in [-0.25, -0.2) is 4.79 Å². The largest absolute Gasteiger partial charge is 0.462 e.